The maximum Gasteiger partial charge on any atom is 0.231 e. The summed E-state index contributed by atoms with van der Waals surface area (Å²) in [5.41, 5.74) is 8.63. The Labute approximate surface area is 117 Å². The summed E-state index contributed by atoms with van der Waals surface area (Å²) in [7, 11) is 0. The van der Waals surface area contributed by atoms with Crippen LogP contribution in [0.3, 0.4) is 0 Å². The average Bonchev–Trinajstić information content (AvgIpc) is 3.02. The molecule has 0 saturated carbocycles. The fraction of sp³-hybridized carbons (Fsp3) is 0.400. The molecule has 0 bridgehead atoms. The van der Waals surface area contributed by atoms with Crippen molar-refractivity contribution in [3.05, 3.63) is 23.9 Å². The van der Waals surface area contributed by atoms with Gasteiger partial charge in [0.15, 0.2) is 11.5 Å². The lowest BCUT2D eigenvalue weighted by Crippen LogP contribution is -2.04. The molecule has 0 spiro atoms. The zero-order valence-electron chi connectivity index (χ0n) is 11.8. The number of hydrogen-bond donors (Lipinski definition) is 1. The molecular formula is C15H18N2O3. The van der Waals surface area contributed by atoms with E-state index in [-0.39, 0.29) is 12.7 Å². The summed E-state index contributed by atoms with van der Waals surface area (Å²) in [6, 6.07) is 5.75. The minimum Gasteiger partial charge on any atom is -0.454 e. The summed E-state index contributed by atoms with van der Waals surface area (Å²) in [4.78, 5) is 0. The minimum atomic E-state index is 0.257. The van der Waals surface area contributed by atoms with Crippen LogP contribution < -0.4 is 15.2 Å². The quantitative estimate of drug-likeness (QED) is 0.928. The molecule has 0 saturated heterocycles. The van der Waals surface area contributed by atoms with E-state index in [1.165, 1.54) is 0 Å². The molecule has 20 heavy (non-hydrogen) atoms. The summed E-state index contributed by atoms with van der Waals surface area (Å²) in [5.74, 6) is 2.53. The molecule has 1 aliphatic heterocycles. The molecule has 3 rings (SSSR count). The van der Waals surface area contributed by atoms with Gasteiger partial charge < -0.3 is 19.7 Å². The number of nitrogens with two attached hydrogens (primary N) is 1. The first-order chi connectivity index (χ1) is 9.58. The molecule has 106 valence electrons. The molecule has 1 aromatic carbocycles. The van der Waals surface area contributed by atoms with E-state index in [4.69, 9.17) is 19.7 Å². The molecule has 0 radical (unpaired) electrons. The van der Waals surface area contributed by atoms with Crippen molar-refractivity contribution in [2.75, 3.05) is 12.5 Å². The predicted octanol–water partition coefficient (Wildman–Crippen LogP) is 3.41. The highest BCUT2D eigenvalue weighted by Gasteiger charge is 2.24. The standard InChI is InChI=1S/C15H18N2O3/c1-8(2)9(3)14-13(15(16)20-17-14)10-4-5-11-12(6-10)19-7-18-11/h4-6,8-9H,7,16H2,1-3H3. The van der Waals surface area contributed by atoms with Gasteiger partial charge >= 0.3 is 0 Å². The SMILES string of the molecule is CC(C)C(C)c1noc(N)c1-c1ccc2c(c1)OCO2. The molecule has 0 fully saturated rings. The predicted molar refractivity (Wildman–Crippen MR) is 75.7 cm³/mol. The van der Waals surface area contributed by atoms with Crippen LogP contribution in [-0.4, -0.2) is 11.9 Å². The Morgan fingerprint density at radius 3 is 2.65 bits per heavy atom. The summed E-state index contributed by atoms with van der Waals surface area (Å²) in [5, 5.41) is 4.13. The lowest BCUT2D eigenvalue weighted by molar-refractivity contribution is 0.174. The first-order valence-corrected chi connectivity index (χ1v) is 6.73. The third-order valence-electron chi connectivity index (χ3n) is 3.84. The van der Waals surface area contributed by atoms with Crippen molar-refractivity contribution in [3.8, 4) is 22.6 Å². The Morgan fingerprint density at radius 1 is 1.15 bits per heavy atom. The van der Waals surface area contributed by atoms with Gasteiger partial charge in [0.05, 0.1) is 11.3 Å². The van der Waals surface area contributed by atoms with Crippen molar-refractivity contribution in [1.82, 2.24) is 5.16 Å². The normalized spacial score (nSPS) is 14.8. The van der Waals surface area contributed by atoms with E-state index >= 15 is 0 Å². The van der Waals surface area contributed by atoms with Gasteiger partial charge in [-0.25, -0.2) is 0 Å². The van der Waals surface area contributed by atoms with E-state index in [2.05, 4.69) is 25.9 Å². The number of nitrogen functional groups attached to an aromatic ring is 1. The van der Waals surface area contributed by atoms with Crippen molar-refractivity contribution in [3.63, 3.8) is 0 Å². The Hall–Kier alpha value is -2.17. The average molecular weight is 274 g/mol. The second kappa shape index (κ2) is 4.74. The number of hydrogen-bond acceptors (Lipinski definition) is 5. The highest BCUT2D eigenvalue weighted by Crippen LogP contribution is 2.41. The molecule has 5 heteroatoms. The van der Waals surface area contributed by atoms with Gasteiger partial charge in [-0.1, -0.05) is 32.0 Å². The minimum absolute atomic E-state index is 0.257. The monoisotopic (exact) mass is 274 g/mol. The number of anilines is 1. The molecule has 0 aliphatic carbocycles. The van der Waals surface area contributed by atoms with Crippen LogP contribution in [0.2, 0.25) is 0 Å². The van der Waals surface area contributed by atoms with Crippen molar-refractivity contribution < 1.29 is 14.0 Å². The van der Waals surface area contributed by atoms with Crippen LogP contribution in [-0.2, 0) is 0 Å². The van der Waals surface area contributed by atoms with Crippen LogP contribution >= 0.6 is 0 Å². The molecular weight excluding hydrogens is 256 g/mol. The van der Waals surface area contributed by atoms with Crippen molar-refractivity contribution in [2.45, 2.75) is 26.7 Å². The molecule has 0 amide bonds. The van der Waals surface area contributed by atoms with Gasteiger partial charge in [0, 0.05) is 5.92 Å². The zero-order chi connectivity index (χ0) is 14.3. The van der Waals surface area contributed by atoms with Crippen LogP contribution in [0.1, 0.15) is 32.4 Å². The van der Waals surface area contributed by atoms with E-state index in [0.29, 0.717) is 11.8 Å². The third-order valence-corrected chi connectivity index (χ3v) is 3.84. The van der Waals surface area contributed by atoms with E-state index in [0.717, 1.165) is 28.3 Å². The van der Waals surface area contributed by atoms with Crippen molar-refractivity contribution in [1.29, 1.82) is 0 Å². The third kappa shape index (κ3) is 1.99. The van der Waals surface area contributed by atoms with Crippen LogP contribution in [0, 0.1) is 5.92 Å². The topological polar surface area (TPSA) is 70.5 Å². The second-order valence-corrected chi connectivity index (χ2v) is 5.41. The summed E-state index contributed by atoms with van der Waals surface area (Å²) in [6.07, 6.45) is 0. The van der Waals surface area contributed by atoms with Gasteiger partial charge in [-0.05, 0) is 23.6 Å². The molecule has 2 aromatic rings. The Balaban J connectivity index is 2.08. The molecule has 5 nitrogen and oxygen atoms in total. The van der Waals surface area contributed by atoms with Gasteiger partial charge in [-0.3, -0.25) is 0 Å². The van der Waals surface area contributed by atoms with Gasteiger partial charge in [-0.2, -0.15) is 0 Å². The van der Waals surface area contributed by atoms with Crippen LogP contribution in [0.5, 0.6) is 11.5 Å². The molecule has 1 unspecified atom stereocenters. The van der Waals surface area contributed by atoms with Gasteiger partial charge in [0.1, 0.15) is 0 Å². The number of nitrogens with zero attached hydrogens (tertiary/aromatic N) is 1. The largest absolute Gasteiger partial charge is 0.454 e. The first kappa shape index (κ1) is 12.8. The molecule has 2 heterocycles. The number of ether oxygens (including phenoxy) is 2. The highest BCUT2D eigenvalue weighted by molar-refractivity contribution is 5.77. The molecule has 2 N–H and O–H groups in total. The molecule has 1 atom stereocenters. The maximum absolute atomic E-state index is 5.96. The summed E-state index contributed by atoms with van der Waals surface area (Å²) >= 11 is 0. The van der Waals surface area contributed by atoms with Crippen LogP contribution in [0.25, 0.3) is 11.1 Å². The number of fused-ring (bicyclic) bond motifs is 1. The first-order valence-electron chi connectivity index (χ1n) is 6.73. The van der Waals surface area contributed by atoms with Crippen LogP contribution in [0.15, 0.2) is 22.7 Å². The molecule has 1 aromatic heterocycles. The second-order valence-electron chi connectivity index (χ2n) is 5.41. The van der Waals surface area contributed by atoms with Crippen molar-refractivity contribution >= 4 is 5.88 Å². The number of aromatic nitrogens is 1. The Kier molecular flexibility index (Phi) is 3.04. The lowest BCUT2D eigenvalue weighted by Gasteiger charge is -2.14. The number of benzene rings is 1. The smallest absolute Gasteiger partial charge is 0.231 e. The van der Waals surface area contributed by atoms with Gasteiger partial charge in [-0.15, -0.1) is 0 Å². The lowest BCUT2D eigenvalue weighted by atomic mass is 9.90. The fourth-order valence-corrected chi connectivity index (χ4v) is 2.28. The van der Waals surface area contributed by atoms with E-state index < -0.39 is 0 Å². The Bertz CT molecular complexity index is 634. The highest BCUT2D eigenvalue weighted by atomic mass is 16.7. The Morgan fingerprint density at radius 2 is 1.90 bits per heavy atom. The van der Waals surface area contributed by atoms with E-state index in [9.17, 15) is 0 Å². The summed E-state index contributed by atoms with van der Waals surface area (Å²) < 4.78 is 15.9. The van der Waals surface area contributed by atoms with Crippen molar-refractivity contribution in [2.24, 2.45) is 5.92 Å². The van der Waals surface area contributed by atoms with Gasteiger partial charge in [0.25, 0.3) is 0 Å². The van der Waals surface area contributed by atoms with Gasteiger partial charge in [0.2, 0.25) is 12.7 Å². The number of rotatable bonds is 3. The zero-order valence-corrected chi connectivity index (χ0v) is 11.8. The summed E-state index contributed by atoms with van der Waals surface area (Å²) in [6.45, 7) is 6.68. The van der Waals surface area contributed by atoms with E-state index in [1.807, 2.05) is 18.2 Å². The fourth-order valence-electron chi connectivity index (χ4n) is 2.28. The molecule has 1 aliphatic rings. The van der Waals surface area contributed by atoms with Crippen LogP contribution in [0.4, 0.5) is 5.88 Å². The maximum atomic E-state index is 5.96. The van der Waals surface area contributed by atoms with E-state index in [1.54, 1.807) is 0 Å².